The second kappa shape index (κ2) is 7.98. The fourth-order valence-corrected chi connectivity index (χ4v) is 4.04. The molecule has 1 N–H and O–H groups in total. The Morgan fingerprint density at radius 1 is 1.31 bits per heavy atom. The van der Waals surface area contributed by atoms with Gasteiger partial charge < -0.3 is 15.0 Å². The Kier molecular flexibility index (Phi) is 5.79. The molecule has 10 heteroatoms. The number of piperidine rings is 1. The predicted molar refractivity (Wildman–Crippen MR) is 100 cm³/mol. The van der Waals surface area contributed by atoms with Crippen molar-refractivity contribution in [3.63, 3.8) is 0 Å². The number of rotatable bonds is 4. The molecule has 2 aliphatic rings. The van der Waals surface area contributed by atoms with Crippen LogP contribution in [0.5, 0.6) is 0 Å². The molecule has 2 saturated heterocycles. The number of carbonyl (C=O) groups is 4. The van der Waals surface area contributed by atoms with Crippen molar-refractivity contribution < 1.29 is 28.3 Å². The van der Waals surface area contributed by atoms with Crippen molar-refractivity contribution >= 4 is 35.4 Å². The summed E-state index contributed by atoms with van der Waals surface area (Å²) in [6.07, 6.45) is 0.920. The Labute approximate surface area is 171 Å². The van der Waals surface area contributed by atoms with Crippen molar-refractivity contribution in [3.05, 3.63) is 34.6 Å². The Hall–Kier alpha value is -2.68. The van der Waals surface area contributed by atoms with Crippen LogP contribution >= 0.6 is 11.6 Å². The van der Waals surface area contributed by atoms with Gasteiger partial charge in [0.25, 0.3) is 5.91 Å². The minimum Gasteiger partial charge on any atom is -0.469 e. The van der Waals surface area contributed by atoms with E-state index in [9.17, 15) is 23.6 Å². The van der Waals surface area contributed by atoms with E-state index in [1.165, 1.54) is 25.0 Å². The molecule has 2 heterocycles. The SMILES string of the molecule is COC(=O)C1CCN(C(=O)CN2C(=O)NC(C)(c3ccc(F)cc3Cl)C2=O)CC1. The molecule has 4 amide bonds. The van der Waals surface area contributed by atoms with E-state index in [2.05, 4.69) is 5.32 Å². The lowest BCUT2D eigenvalue weighted by atomic mass is 9.92. The van der Waals surface area contributed by atoms with Gasteiger partial charge in [-0.2, -0.15) is 0 Å². The van der Waals surface area contributed by atoms with Gasteiger partial charge in [0, 0.05) is 23.7 Å². The third-order valence-electron chi connectivity index (χ3n) is 5.42. The molecule has 2 aliphatic heterocycles. The van der Waals surface area contributed by atoms with Gasteiger partial charge in [0.05, 0.1) is 13.0 Å². The monoisotopic (exact) mass is 425 g/mol. The molecular weight excluding hydrogens is 405 g/mol. The molecule has 29 heavy (non-hydrogen) atoms. The summed E-state index contributed by atoms with van der Waals surface area (Å²) in [6.45, 7) is 1.70. The zero-order valence-corrected chi connectivity index (χ0v) is 16.8. The van der Waals surface area contributed by atoms with Crippen LogP contribution in [-0.4, -0.2) is 60.4 Å². The van der Waals surface area contributed by atoms with E-state index >= 15 is 0 Å². The number of halogens is 2. The molecule has 1 aromatic rings. The van der Waals surface area contributed by atoms with E-state index in [0.717, 1.165) is 17.0 Å². The zero-order valence-electron chi connectivity index (χ0n) is 16.0. The summed E-state index contributed by atoms with van der Waals surface area (Å²) < 4.78 is 18.1. The number of likely N-dealkylation sites (tertiary alicyclic amines) is 1. The highest BCUT2D eigenvalue weighted by atomic mass is 35.5. The van der Waals surface area contributed by atoms with E-state index in [-0.39, 0.29) is 22.5 Å². The van der Waals surface area contributed by atoms with Crippen LogP contribution in [0.25, 0.3) is 0 Å². The van der Waals surface area contributed by atoms with E-state index in [0.29, 0.717) is 25.9 Å². The molecule has 8 nitrogen and oxygen atoms in total. The second-order valence-corrected chi connectivity index (χ2v) is 7.66. The van der Waals surface area contributed by atoms with Gasteiger partial charge in [-0.25, -0.2) is 9.18 Å². The lowest BCUT2D eigenvalue weighted by Gasteiger charge is -2.31. The lowest BCUT2D eigenvalue weighted by Crippen LogP contribution is -2.47. The number of amides is 4. The van der Waals surface area contributed by atoms with Crippen molar-refractivity contribution in [2.24, 2.45) is 5.92 Å². The summed E-state index contributed by atoms with van der Waals surface area (Å²) in [6, 6.07) is 2.81. The van der Waals surface area contributed by atoms with Crippen LogP contribution in [-0.2, 0) is 24.7 Å². The molecule has 1 unspecified atom stereocenters. The van der Waals surface area contributed by atoms with E-state index in [1.54, 1.807) is 0 Å². The average molecular weight is 426 g/mol. The van der Waals surface area contributed by atoms with Crippen molar-refractivity contribution in [1.29, 1.82) is 0 Å². The number of nitrogens with one attached hydrogen (secondary N) is 1. The first kappa shape index (κ1) is 21.0. The summed E-state index contributed by atoms with van der Waals surface area (Å²) in [4.78, 5) is 51.9. The van der Waals surface area contributed by atoms with Crippen molar-refractivity contribution in [2.75, 3.05) is 26.7 Å². The predicted octanol–water partition coefficient (Wildman–Crippen LogP) is 1.66. The molecule has 0 aliphatic carbocycles. The number of methoxy groups -OCH3 is 1. The molecule has 0 bridgehead atoms. The van der Waals surface area contributed by atoms with Gasteiger partial charge >= 0.3 is 12.0 Å². The summed E-state index contributed by atoms with van der Waals surface area (Å²) in [5.41, 5.74) is -1.26. The van der Waals surface area contributed by atoms with Crippen LogP contribution in [0, 0.1) is 11.7 Å². The highest BCUT2D eigenvalue weighted by Crippen LogP contribution is 2.34. The number of ether oxygens (including phenoxy) is 1. The summed E-state index contributed by atoms with van der Waals surface area (Å²) in [7, 11) is 1.32. The maximum absolute atomic E-state index is 13.3. The van der Waals surface area contributed by atoms with Gasteiger partial charge in [0.2, 0.25) is 5.91 Å². The molecule has 1 atom stereocenters. The Morgan fingerprint density at radius 3 is 2.55 bits per heavy atom. The van der Waals surface area contributed by atoms with Crippen LogP contribution in [0.3, 0.4) is 0 Å². The fraction of sp³-hybridized carbons (Fsp3) is 0.474. The maximum atomic E-state index is 13.3. The number of nitrogens with zero attached hydrogens (tertiary/aromatic N) is 2. The number of hydrogen-bond donors (Lipinski definition) is 1. The van der Waals surface area contributed by atoms with Crippen molar-refractivity contribution in [2.45, 2.75) is 25.3 Å². The van der Waals surface area contributed by atoms with E-state index in [1.807, 2.05) is 0 Å². The van der Waals surface area contributed by atoms with Crippen LogP contribution < -0.4 is 5.32 Å². The third kappa shape index (κ3) is 3.91. The van der Waals surface area contributed by atoms with Gasteiger partial charge in [0.1, 0.15) is 17.9 Å². The highest BCUT2D eigenvalue weighted by Gasteiger charge is 2.50. The smallest absolute Gasteiger partial charge is 0.325 e. The van der Waals surface area contributed by atoms with Crippen LogP contribution in [0.2, 0.25) is 5.02 Å². The highest BCUT2D eigenvalue weighted by molar-refractivity contribution is 6.32. The Balaban J connectivity index is 1.69. The lowest BCUT2D eigenvalue weighted by molar-refractivity contribution is -0.149. The van der Waals surface area contributed by atoms with E-state index < -0.39 is 35.7 Å². The van der Waals surface area contributed by atoms with Crippen LogP contribution in [0.4, 0.5) is 9.18 Å². The van der Waals surface area contributed by atoms with Crippen molar-refractivity contribution in [1.82, 2.24) is 15.1 Å². The first-order valence-corrected chi connectivity index (χ1v) is 9.50. The Morgan fingerprint density at radius 2 is 1.97 bits per heavy atom. The number of urea groups is 1. The minimum atomic E-state index is -1.50. The summed E-state index contributed by atoms with van der Waals surface area (Å²) in [5.74, 6) is -2.18. The van der Waals surface area contributed by atoms with Crippen LogP contribution in [0.1, 0.15) is 25.3 Å². The first-order valence-electron chi connectivity index (χ1n) is 9.12. The third-order valence-corrected chi connectivity index (χ3v) is 5.73. The zero-order chi connectivity index (χ0) is 21.3. The number of imide groups is 1. The number of carbonyl (C=O) groups excluding carboxylic acids is 4. The van der Waals surface area contributed by atoms with E-state index in [4.69, 9.17) is 16.3 Å². The van der Waals surface area contributed by atoms with Crippen LogP contribution in [0.15, 0.2) is 18.2 Å². The number of benzene rings is 1. The molecule has 1 aromatic carbocycles. The van der Waals surface area contributed by atoms with Gasteiger partial charge in [-0.3, -0.25) is 19.3 Å². The number of esters is 1. The van der Waals surface area contributed by atoms with Gasteiger partial charge in [0.15, 0.2) is 0 Å². The van der Waals surface area contributed by atoms with Crippen molar-refractivity contribution in [3.8, 4) is 0 Å². The number of hydrogen-bond acceptors (Lipinski definition) is 5. The first-order chi connectivity index (χ1) is 13.7. The normalized spacial score (nSPS) is 22.6. The molecule has 2 fully saturated rings. The minimum absolute atomic E-state index is 0.000732. The molecule has 0 spiro atoms. The maximum Gasteiger partial charge on any atom is 0.325 e. The summed E-state index contributed by atoms with van der Waals surface area (Å²) >= 11 is 6.06. The Bertz CT molecular complexity index is 871. The quantitative estimate of drug-likeness (QED) is 0.584. The molecule has 0 saturated carbocycles. The van der Waals surface area contributed by atoms with Gasteiger partial charge in [-0.1, -0.05) is 17.7 Å². The summed E-state index contributed by atoms with van der Waals surface area (Å²) in [5, 5.41) is 2.54. The molecule has 156 valence electrons. The molecular formula is C19H21ClFN3O5. The van der Waals surface area contributed by atoms with Gasteiger partial charge in [-0.15, -0.1) is 0 Å². The fourth-order valence-electron chi connectivity index (χ4n) is 3.68. The largest absolute Gasteiger partial charge is 0.469 e. The van der Waals surface area contributed by atoms with Gasteiger partial charge in [-0.05, 0) is 31.9 Å². The molecule has 0 radical (unpaired) electrons. The second-order valence-electron chi connectivity index (χ2n) is 7.25. The molecule has 0 aromatic heterocycles. The standard InChI is InChI=1S/C19H21ClFN3O5/c1-19(13-4-3-12(21)9-14(13)20)17(27)24(18(28)22-19)10-15(25)23-7-5-11(6-8-23)16(26)29-2/h3-4,9,11H,5-8,10H2,1-2H3,(H,22,28). The molecule has 3 rings (SSSR count). The topological polar surface area (TPSA) is 96.0 Å². The average Bonchev–Trinajstić information content (AvgIpc) is 2.91.